The molecule has 0 amide bonds. The van der Waals surface area contributed by atoms with E-state index < -0.39 is 18.2 Å². The molecule has 0 saturated carbocycles. The highest BCUT2D eigenvalue weighted by atomic mass is 16.5. The number of aliphatic hydroxyl groups excluding tert-OH is 2. The van der Waals surface area contributed by atoms with E-state index in [-0.39, 0.29) is 18.7 Å². The first-order valence-electron chi connectivity index (χ1n) is 5.47. The van der Waals surface area contributed by atoms with Crippen molar-refractivity contribution in [3.63, 3.8) is 0 Å². The molecule has 7 nitrogen and oxygen atoms in total. The van der Waals surface area contributed by atoms with Crippen molar-refractivity contribution in [2.24, 2.45) is 0 Å². The summed E-state index contributed by atoms with van der Waals surface area (Å²) in [5.41, 5.74) is 0.160. The number of aromatic nitrogens is 2. The smallest absolute Gasteiger partial charge is 0.308 e. The molecule has 0 radical (unpaired) electrons. The summed E-state index contributed by atoms with van der Waals surface area (Å²) in [4.78, 5) is 11.1. The van der Waals surface area contributed by atoms with Crippen LogP contribution in [0.1, 0.15) is 25.1 Å². The van der Waals surface area contributed by atoms with Gasteiger partial charge in [-0.15, -0.1) is 10.2 Å². The van der Waals surface area contributed by atoms with Crippen LogP contribution >= 0.6 is 0 Å². The second-order valence-corrected chi connectivity index (χ2v) is 3.52. The van der Waals surface area contributed by atoms with Crippen LogP contribution in [0.4, 0.5) is 0 Å². The molecule has 0 spiro atoms. The van der Waals surface area contributed by atoms with Crippen molar-refractivity contribution in [1.82, 2.24) is 10.2 Å². The Morgan fingerprint density at radius 2 is 2.11 bits per heavy atom. The van der Waals surface area contributed by atoms with E-state index in [0.717, 1.165) is 0 Å². The van der Waals surface area contributed by atoms with Crippen LogP contribution in [0.5, 0.6) is 5.88 Å². The predicted octanol–water partition coefficient (Wildman–Crippen LogP) is -0.167. The molecular formula is C11H16N2O5. The number of ether oxygens (including phenoxy) is 2. The second-order valence-electron chi connectivity index (χ2n) is 3.52. The summed E-state index contributed by atoms with van der Waals surface area (Å²) in [6.45, 7) is 1.89. The number of nitrogens with zero attached hydrogens (tertiary/aromatic N) is 2. The molecular weight excluding hydrogens is 240 g/mol. The highest BCUT2D eigenvalue weighted by Crippen LogP contribution is 2.18. The number of carbonyl (C=O) groups excluding carboxylic acids is 1. The van der Waals surface area contributed by atoms with E-state index in [1.165, 1.54) is 19.2 Å². The Kier molecular flexibility index (Phi) is 5.47. The average Bonchev–Trinajstić information content (AvgIpc) is 2.38. The largest absolute Gasteiger partial charge is 0.480 e. The van der Waals surface area contributed by atoms with Gasteiger partial charge in [-0.25, -0.2) is 0 Å². The van der Waals surface area contributed by atoms with Crippen LogP contribution < -0.4 is 4.74 Å². The Labute approximate surface area is 104 Å². The standard InChI is InChI=1S/C11H16N2O5/c1-3-18-10(15)6-8(14)11(16)7-4-5-9(17-2)13-12-7/h4-5,8,11,14,16H,3,6H2,1-2H3. The summed E-state index contributed by atoms with van der Waals surface area (Å²) in [5, 5.41) is 26.8. The highest BCUT2D eigenvalue weighted by Gasteiger charge is 2.23. The summed E-state index contributed by atoms with van der Waals surface area (Å²) in [6.07, 6.45) is -2.89. The minimum absolute atomic E-state index is 0.160. The molecule has 0 bridgehead atoms. The van der Waals surface area contributed by atoms with Gasteiger partial charge in [-0.05, 0) is 13.0 Å². The maximum Gasteiger partial charge on any atom is 0.308 e. The maximum absolute atomic E-state index is 11.1. The quantitative estimate of drug-likeness (QED) is 0.681. The summed E-state index contributed by atoms with van der Waals surface area (Å²) < 4.78 is 9.48. The lowest BCUT2D eigenvalue weighted by Gasteiger charge is -2.16. The number of methoxy groups -OCH3 is 1. The Hall–Kier alpha value is -1.73. The van der Waals surface area contributed by atoms with Crippen LogP contribution in [0.3, 0.4) is 0 Å². The number of rotatable bonds is 6. The van der Waals surface area contributed by atoms with Gasteiger partial charge in [0.2, 0.25) is 5.88 Å². The van der Waals surface area contributed by atoms with E-state index in [9.17, 15) is 15.0 Å². The van der Waals surface area contributed by atoms with E-state index in [1.54, 1.807) is 6.92 Å². The fraction of sp³-hybridized carbons (Fsp3) is 0.545. The van der Waals surface area contributed by atoms with Gasteiger partial charge in [-0.1, -0.05) is 0 Å². The highest BCUT2D eigenvalue weighted by molar-refractivity contribution is 5.70. The summed E-state index contributed by atoms with van der Waals surface area (Å²) >= 11 is 0. The lowest BCUT2D eigenvalue weighted by Crippen LogP contribution is -2.24. The maximum atomic E-state index is 11.1. The SMILES string of the molecule is CCOC(=O)CC(O)C(O)c1ccc(OC)nn1. The van der Waals surface area contributed by atoms with E-state index >= 15 is 0 Å². The van der Waals surface area contributed by atoms with Crippen molar-refractivity contribution >= 4 is 5.97 Å². The topological polar surface area (TPSA) is 102 Å². The van der Waals surface area contributed by atoms with E-state index in [1.807, 2.05) is 0 Å². The first kappa shape index (κ1) is 14.3. The van der Waals surface area contributed by atoms with Gasteiger partial charge in [0.1, 0.15) is 6.10 Å². The molecule has 2 N–H and O–H groups in total. The van der Waals surface area contributed by atoms with Gasteiger partial charge in [-0.2, -0.15) is 0 Å². The first-order valence-corrected chi connectivity index (χ1v) is 5.47. The minimum atomic E-state index is -1.30. The zero-order valence-corrected chi connectivity index (χ0v) is 10.2. The van der Waals surface area contributed by atoms with Crippen molar-refractivity contribution in [2.45, 2.75) is 25.6 Å². The fourth-order valence-electron chi connectivity index (χ4n) is 1.30. The lowest BCUT2D eigenvalue weighted by atomic mass is 10.1. The van der Waals surface area contributed by atoms with Gasteiger partial charge in [-0.3, -0.25) is 4.79 Å². The Morgan fingerprint density at radius 3 is 2.61 bits per heavy atom. The Morgan fingerprint density at radius 1 is 1.39 bits per heavy atom. The molecule has 18 heavy (non-hydrogen) atoms. The van der Waals surface area contributed by atoms with Gasteiger partial charge < -0.3 is 19.7 Å². The molecule has 0 aliphatic heterocycles. The van der Waals surface area contributed by atoms with Crippen molar-refractivity contribution in [3.05, 3.63) is 17.8 Å². The molecule has 0 saturated heterocycles. The van der Waals surface area contributed by atoms with Gasteiger partial charge in [0, 0.05) is 6.07 Å². The zero-order valence-electron chi connectivity index (χ0n) is 10.2. The minimum Gasteiger partial charge on any atom is -0.480 e. The number of hydrogen-bond donors (Lipinski definition) is 2. The van der Waals surface area contributed by atoms with Crippen LogP contribution in [0, 0.1) is 0 Å². The third kappa shape index (κ3) is 3.94. The molecule has 0 aliphatic rings. The normalized spacial score (nSPS) is 13.8. The number of carbonyl (C=O) groups is 1. The summed E-state index contributed by atoms with van der Waals surface area (Å²) in [6, 6.07) is 2.97. The fourth-order valence-corrected chi connectivity index (χ4v) is 1.30. The number of aliphatic hydroxyl groups is 2. The van der Waals surface area contributed by atoms with Crippen molar-refractivity contribution in [1.29, 1.82) is 0 Å². The van der Waals surface area contributed by atoms with Crippen LogP contribution in [-0.2, 0) is 9.53 Å². The van der Waals surface area contributed by atoms with E-state index in [2.05, 4.69) is 14.9 Å². The molecule has 100 valence electrons. The van der Waals surface area contributed by atoms with Gasteiger partial charge in [0.25, 0.3) is 0 Å². The van der Waals surface area contributed by atoms with Crippen molar-refractivity contribution < 1.29 is 24.5 Å². The lowest BCUT2D eigenvalue weighted by molar-refractivity contribution is -0.147. The molecule has 1 rings (SSSR count). The molecule has 0 aliphatic carbocycles. The van der Waals surface area contributed by atoms with E-state index in [4.69, 9.17) is 4.74 Å². The van der Waals surface area contributed by atoms with Crippen LogP contribution in [0.25, 0.3) is 0 Å². The van der Waals surface area contributed by atoms with Gasteiger partial charge in [0.15, 0.2) is 0 Å². The molecule has 0 aromatic carbocycles. The van der Waals surface area contributed by atoms with Crippen LogP contribution in [-0.4, -0.2) is 46.2 Å². The second kappa shape index (κ2) is 6.87. The van der Waals surface area contributed by atoms with Crippen molar-refractivity contribution in [3.8, 4) is 5.88 Å². The summed E-state index contributed by atoms with van der Waals surface area (Å²) in [7, 11) is 1.44. The molecule has 1 aromatic rings. The molecule has 1 heterocycles. The third-order valence-corrected chi connectivity index (χ3v) is 2.22. The molecule has 2 unspecified atom stereocenters. The van der Waals surface area contributed by atoms with Crippen molar-refractivity contribution in [2.75, 3.05) is 13.7 Å². The third-order valence-electron chi connectivity index (χ3n) is 2.22. The molecule has 7 heteroatoms. The average molecular weight is 256 g/mol. The Bertz CT molecular complexity index is 382. The summed E-state index contributed by atoms with van der Waals surface area (Å²) in [5.74, 6) is -0.281. The molecule has 1 aromatic heterocycles. The van der Waals surface area contributed by atoms with Gasteiger partial charge in [0.05, 0.1) is 31.9 Å². The Balaban J connectivity index is 2.61. The number of hydrogen-bond acceptors (Lipinski definition) is 7. The zero-order chi connectivity index (χ0) is 13.5. The van der Waals surface area contributed by atoms with Crippen LogP contribution in [0.15, 0.2) is 12.1 Å². The predicted molar refractivity (Wildman–Crippen MR) is 60.8 cm³/mol. The molecule has 0 fully saturated rings. The first-order chi connectivity index (χ1) is 8.58. The monoisotopic (exact) mass is 256 g/mol. The molecule has 2 atom stereocenters. The van der Waals surface area contributed by atoms with E-state index in [0.29, 0.717) is 5.88 Å². The van der Waals surface area contributed by atoms with Gasteiger partial charge >= 0.3 is 5.97 Å². The van der Waals surface area contributed by atoms with Crippen LogP contribution in [0.2, 0.25) is 0 Å². The number of esters is 1.